The van der Waals surface area contributed by atoms with Crippen LogP contribution in [0, 0.1) is 0 Å². The Bertz CT molecular complexity index is 496. The second-order valence-corrected chi connectivity index (χ2v) is 3.08. The molecule has 0 aliphatic heterocycles. The summed E-state index contributed by atoms with van der Waals surface area (Å²) in [6.45, 7) is 0. The van der Waals surface area contributed by atoms with E-state index in [1.54, 1.807) is 6.20 Å². The number of benzene rings is 1. The maximum absolute atomic E-state index is 10.4. The van der Waals surface area contributed by atoms with Crippen LogP contribution in [0.3, 0.4) is 0 Å². The van der Waals surface area contributed by atoms with Crippen molar-refractivity contribution in [3.8, 4) is 0 Å². The lowest BCUT2D eigenvalue weighted by molar-refractivity contribution is -0.105. The Morgan fingerprint density at radius 2 is 2.13 bits per heavy atom. The summed E-state index contributed by atoms with van der Waals surface area (Å²) in [4.78, 5) is 14.7. The third-order valence-corrected chi connectivity index (χ3v) is 2.24. The second-order valence-electron chi connectivity index (χ2n) is 3.08. The van der Waals surface area contributed by atoms with E-state index in [4.69, 9.17) is 0 Å². The molecular formula is C11H11N3O. The number of hydrogen-bond donors (Lipinski definition) is 2. The SMILES string of the molecule is CNc1c(NC=O)cnc2ccccc12. The molecule has 0 spiro atoms. The van der Waals surface area contributed by atoms with Gasteiger partial charge in [-0.2, -0.15) is 0 Å². The molecule has 0 radical (unpaired) electrons. The molecule has 1 aromatic heterocycles. The van der Waals surface area contributed by atoms with E-state index in [2.05, 4.69) is 15.6 Å². The largest absolute Gasteiger partial charge is 0.386 e. The van der Waals surface area contributed by atoms with Crippen LogP contribution in [0.25, 0.3) is 10.9 Å². The first-order chi connectivity index (χ1) is 7.36. The molecule has 0 saturated carbocycles. The lowest BCUT2D eigenvalue weighted by Crippen LogP contribution is -2.01. The van der Waals surface area contributed by atoms with E-state index in [-0.39, 0.29) is 0 Å². The highest BCUT2D eigenvalue weighted by molar-refractivity contribution is 5.99. The Morgan fingerprint density at radius 3 is 2.87 bits per heavy atom. The molecule has 4 heteroatoms. The fourth-order valence-electron chi connectivity index (χ4n) is 1.58. The fraction of sp³-hybridized carbons (Fsp3) is 0.0909. The standard InChI is InChI=1S/C11H11N3O/c1-12-11-8-4-2-3-5-9(8)13-6-10(11)14-7-15/h2-7H,1H3,(H,12,13)(H,14,15). The van der Waals surface area contributed by atoms with E-state index in [0.29, 0.717) is 12.1 Å². The first-order valence-corrected chi connectivity index (χ1v) is 4.62. The number of nitrogens with one attached hydrogen (secondary N) is 2. The van der Waals surface area contributed by atoms with E-state index < -0.39 is 0 Å². The number of pyridine rings is 1. The first-order valence-electron chi connectivity index (χ1n) is 4.62. The molecule has 0 bridgehead atoms. The summed E-state index contributed by atoms with van der Waals surface area (Å²) >= 11 is 0. The van der Waals surface area contributed by atoms with Crippen LogP contribution < -0.4 is 10.6 Å². The molecule has 2 rings (SSSR count). The molecule has 1 heterocycles. The zero-order valence-corrected chi connectivity index (χ0v) is 8.32. The number of carbonyl (C=O) groups excluding carboxylic acids is 1. The summed E-state index contributed by atoms with van der Waals surface area (Å²) in [5.74, 6) is 0. The van der Waals surface area contributed by atoms with Crippen molar-refractivity contribution in [2.24, 2.45) is 0 Å². The number of anilines is 2. The molecule has 4 nitrogen and oxygen atoms in total. The van der Waals surface area contributed by atoms with Gasteiger partial charge in [0.2, 0.25) is 6.41 Å². The van der Waals surface area contributed by atoms with E-state index >= 15 is 0 Å². The average Bonchev–Trinajstić information content (AvgIpc) is 2.29. The number of rotatable bonds is 3. The van der Waals surface area contributed by atoms with Crippen LogP contribution in [0.2, 0.25) is 0 Å². The molecule has 0 aliphatic carbocycles. The lowest BCUT2D eigenvalue weighted by Gasteiger charge is -2.10. The van der Waals surface area contributed by atoms with Gasteiger partial charge in [0.1, 0.15) is 0 Å². The number of fused-ring (bicyclic) bond motifs is 1. The quantitative estimate of drug-likeness (QED) is 0.745. The van der Waals surface area contributed by atoms with Crippen LogP contribution >= 0.6 is 0 Å². The van der Waals surface area contributed by atoms with Gasteiger partial charge < -0.3 is 10.6 Å². The number of nitrogens with zero attached hydrogens (tertiary/aromatic N) is 1. The van der Waals surface area contributed by atoms with Crippen molar-refractivity contribution in [2.75, 3.05) is 17.7 Å². The minimum absolute atomic E-state index is 0.645. The molecule has 0 fully saturated rings. The van der Waals surface area contributed by atoms with Gasteiger partial charge in [0.15, 0.2) is 0 Å². The molecule has 76 valence electrons. The predicted octanol–water partition coefficient (Wildman–Crippen LogP) is 1.84. The van der Waals surface area contributed by atoms with Gasteiger partial charge in [0.05, 0.1) is 23.1 Å². The smallest absolute Gasteiger partial charge is 0.211 e. The molecule has 15 heavy (non-hydrogen) atoms. The van der Waals surface area contributed by atoms with E-state index in [1.807, 2.05) is 31.3 Å². The highest BCUT2D eigenvalue weighted by Crippen LogP contribution is 2.28. The minimum atomic E-state index is 0.645. The van der Waals surface area contributed by atoms with E-state index in [1.165, 1.54) is 0 Å². The van der Waals surface area contributed by atoms with Crippen LogP contribution in [0.4, 0.5) is 11.4 Å². The molecule has 0 saturated heterocycles. The molecule has 0 atom stereocenters. The van der Waals surface area contributed by atoms with Gasteiger partial charge in [-0.25, -0.2) is 0 Å². The van der Waals surface area contributed by atoms with Gasteiger partial charge in [-0.05, 0) is 6.07 Å². The fourth-order valence-corrected chi connectivity index (χ4v) is 1.58. The van der Waals surface area contributed by atoms with Crippen molar-refractivity contribution in [3.63, 3.8) is 0 Å². The highest BCUT2D eigenvalue weighted by Gasteiger charge is 2.05. The van der Waals surface area contributed by atoms with Crippen LogP contribution in [-0.4, -0.2) is 18.4 Å². The van der Waals surface area contributed by atoms with E-state index in [0.717, 1.165) is 16.6 Å². The molecule has 1 amide bonds. The third-order valence-electron chi connectivity index (χ3n) is 2.24. The molecule has 0 aliphatic rings. The lowest BCUT2D eigenvalue weighted by atomic mass is 10.1. The van der Waals surface area contributed by atoms with Crippen molar-refractivity contribution in [1.82, 2.24) is 4.98 Å². The predicted molar refractivity (Wildman–Crippen MR) is 61.0 cm³/mol. The summed E-state index contributed by atoms with van der Waals surface area (Å²) in [5.41, 5.74) is 2.47. The Labute approximate surface area is 87.3 Å². The number of aromatic nitrogens is 1. The monoisotopic (exact) mass is 201 g/mol. The Balaban J connectivity index is 2.69. The number of para-hydroxylation sites is 1. The molecular weight excluding hydrogens is 190 g/mol. The highest BCUT2D eigenvalue weighted by atomic mass is 16.1. The van der Waals surface area contributed by atoms with Gasteiger partial charge in [0, 0.05) is 12.4 Å². The van der Waals surface area contributed by atoms with Crippen molar-refractivity contribution in [3.05, 3.63) is 30.5 Å². The number of hydrogen-bond acceptors (Lipinski definition) is 3. The normalized spacial score (nSPS) is 9.93. The summed E-state index contributed by atoms with van der Waals surface area (Å²) in [5, 5.41) is 6.67. The number of carbonyl (C=O) groups is 1. The van der Waals surface area contributed by atoms with Crippen LogP contribution in [0.5, 0.6) is 0 Å². The number of amides is 1. The van der Waals surface area contributed by atoms with Crippen LogP contribution in [0.15, 0.2) is 30.5 Å². The maximum atomic E-state index is 10.4. The minimum Gasteiger partial charge on any atom is -0.386 e. The van der Waals surface area contributed by atoms with Gasteiger partial charge in [0.25, 0.3) is 0 Å². The van der Waals surface area contributed by atoms with Crippen molar-refractivity contribution in [2.45, 2.75) is 0 Å². The van der Waals surface area contributed by atoms with Crippen molar-refractivity contribution in [1.29, 1.82) is 0 Å². The average molecular weight is 201 g/mol. The zero-order chi connectivity index (χ0) is 10.7. The summed E-state index contributed by atoms with van der Waals surface area (Å²) in [6.07, 6.45) is 2.29. The molecule has 0 unspecified atom stereocenters. The van der Waals surface area contributed by atoms with Gasteiger partial charge in [-0.3, -0.25) is 9.78 Å². The molecule has 2 N–H and O–H groups in total. The van der Waals surface area contributed by atoms with Crippen molar-refractivity contribution >= 4 is 28.7 Å². The summed E-state index contributed by atoms with van der Waals surface area (Å²) in [7, 11) is 1.82. The third kappa shape index (κ3) is 1.61. The first kappa shape index (κ1) is 9.45. The molecule has 2 aromatic rings. The summed E-state index contributed by atoms with van der Waals surface area (Å²) in [6, 6.07) is 7.77. The van der Waals surface area contributed by atoms with Gasteiger partial charge in [-0.15, -0.1) is 0 Å². The zero-order valence-electron chi connectivity index (χ0n) is 8.32. The van der Waals surface area contributed by atoms with Gasteiger partial charge >= 0.3 is 0 Å². The Hall–Kier alpha value is -2.10. The van der Waals surface area contributed by atoms with Gasteiger partial charge in [-0.1, -0.05) is 18.2 Å². The topological polar surface area (TPSA) is 54.0 Å². The van der Waals surface area contributed by atoms with E-state index in [9.17, 15) is 4.79 Å². The maximum Gasteiger partial charge on any atom is 0.211 e. The Morgan fingerprint density at radius 1 is 1.33 bits per heavy atom. The molecule has 1 aromatic carbocycles. The van der Waals surface area contributed by atoms with Crippen molar-refractivity contribution < 1.29 is 4.79 Å². The second kappa shape index (κ2) is 3.96. The van der Waals surface area contributed by atoms with Crippen LogP contribution in [-0.2, 0) is 4.79 Å². The Kier molecular flexibility index (Phi) is 2.49. The van der Waals surface area contributed by atoms with Crippen LogP contribution in [0.1, 0.15) is 0 Å². The summed E-state index contributed by atoms with van der Waals surface area (Å²) < 4.78 is 0.